The monoisotopic (exact) mass is 374 g/mol. The van der Waals surface area contributed by atoms with Crippen LogP contribution in [0.15, 0.2) is 60.9 Å². The van der Waals surface area contributed by atoms with Gasteiger partial charge < -0.3 is 10.6 Å². The Balaban J connectivity index is 1.65. The smallest absolute Gasteiger partial charge is 0.251 e. The quantitative estimate of drug-likeness (QED) is 0.613. The molecule has 3 rings (SSSR count). The highest BCUT2D eigenvalue weighted by molar-refractivity contribution is 5.95. The van der Waals surface area contributed by atoms with Gasteiger partial charge in [-0.2, -0.15) is 0 Å². The van der Waals surface area contributed by atoms with E-state index in [-0.39, 0.29) is 5.91 Å². The highest BCUT2D eigenvalue weighted by atomic mass is 16.1. The molecule has 1 heterocycles. The van der Waals surface area contributed by atoms with Crippen LogP contribution in [-0.4, -0.2) is 22.4 Å². The number of aromatic nitrogens is 2. The van der Waals surface area contributed by atoms with E-state index in [1.807, 2.05) is 18.2 Å². The maximum absolute atomic E-state index is 12.3. The van der Waals surface area contributed by atoms with Gasteiger partial charge in [0.1, 0.15) is 0 Å². The van der Waals surface area contributed by atoms with Gasteiger partial charge in [-0.15, -0.1) is 0 Å². The van der Waals surface area contributed by atoms with Gasteiger partial charge in [-0.1, -0.05) is 49.7 Å². The third-order valence-corrected chi connectivity index (χ3v) is 4.42. The summed E-state index contributed by atoms with van der Waals surface area (Å²) in [4.78, 5) is 21.1. The van der Waals surface area contributed by atoms with Crippen molar-refractivity contribution in [3.63, 3.8) is 0 Å². The van der Waals surface area contributed by atoms with Crippen molar-refractivity contribution in [1.29, 1.82) is 0 Å². The Bertz CT molecular complexity index is 918. The molecule has 0 saturated carbocycles. The molecule has 1 aromatic heterocycles. The Morgan fingerprint density at radius 1 is 1.00 bits per heavy atom. The zero-order valence-corrected chi connectivity index (χ0v) is 16.6. The van der Waals surface area contributed by atoms with Gasteiger partial charge in [0.15, 0.2) is 0 Å². The summed E-state index contributed by atoms with van der Waals surface area (Å²) < 4.78 is 0. The van der Waals surface area contributed by atoms with Gasteiger partial charge in [0.25, 0.3) is 5.91 Å². The first kappa shape index (κ1) is 19.5. The SMILES string of the molecule is Cc1ccc(-c2cnc(Nc3cccc(C(=O)NCCC(C)C)c3)nc2)cc1. The largest absolute Gasteiger partial charge is 0.352 e. The van der Waals surface area contributed by atoms with Gasteiger partial charge in [0.05, 0.1) is 0 Å². The molecular weight excluding hydrogens is 348 g/mol. The lowest BCUT2D eigenvalue weighted by atomic mass is 10.1. The normalized spacial score (nSPS) is 10.7. The molecule has 0 saturated heterocycles. The number of rotatable bonds is 7. The van der Waals surface area contributed by atoms with Crippen molar-refractivity contribution in [2.75, 3.05) is 11.9 Å². The second kappa shape index (κ2) is 9.13. The van der Waals surface area contributed by atoms with Crippen LogP contribution < -0.4 is 10.6 Å². The fourth-order valence-electron chi connectivity index (χ4n) is 2.73. The lowest BCUT2D eigenvalue weighted by Gasteiger charge is -2.09. The molecule has 2 aromatic carbocycles. The molecule has 5 nitrogen and oxygen atoms in total. The molecule has 0 unspecified atom stereocenters. The van der Waals surface area contributed by atoms with Crippen molar-refractivity contribution in [1.82, 2.24) is 15.3 Å². The number of aryl methyl sites for hydroxylation is 1. The van der Waals surface area contributed by atoms with Crippen molar-refractivity contribution < 1.29 is 4.79 Å². The summed E-state index contributed by atoms with van der Waals surface area (Å²) >= 11 is 0. The topological polar surface area (TPSA) is 66.9 Å². The molecule has 1 amide bonds. The summed E-state index contributed by atoms with van der Waals surface area (Å²) in [7, 11) is 0. The summed E-state index contributed by atoms with van der Waals surface area (Å²) in [6.07, 6.45) is 4.55. The number of nitrogens with zero attached hydrogens (tertiary/aromatic N) is 2. The number of benzene rings is 2. The third-order valence-electron chi connectivity index (χ3n) is 4.42. The Kier molecular flexibility index (Phi) is 6.37. The predicted molar refractivity (Wildman–Crippen MR) is 114 cm³/mol. The molecule has 144 valence electrons. The van der Waals surface area contributed by atoms with Gasteiger partial charge in [0, 0.05) is 35.8 Å². The Morgan fingerprint density at radius 3 is 2.39 bits per heavy atom. The van der Waals surface area contributed by atoms with E-state index in [2.05, 4.69) is 65.6 Å². The Hall–Kier alpha value is -3.21. The van der Waals surface area contributed by atoms with Crippen LogP contribution in [0.25, 0.3) is 11.1 Å². The number of hydrogen-bond donors (Lipinski definition) is 2. The molecule has 0 aliphatic rings. The molecular formula is C23H26N4O. The van der Waals surface area contributed by atoms with Crippen LogP contribution in [0.1, 0.15) is 36.2 Å². The molecule has 0 atom stereocenters. The van der Waals surface area contributed by atoms with Gasteiger partial charge in [-0.3, -0.25) is 4.79 Å². The zero-order valence-electron chi connectivity index (χ0n) is 16.6. The van der Waals surface area contributed by atoms with Gasteiger partial charge >= 0.3 is 0 Å². The fourth-order valence-corrected chi connectivity index (χ4v) is 2.73. The molecule has 0 radical (unpaired) electrons. The van der Waals surface area contributed by atoms with Crippen molar-refractivity contribution in [3.05, 3.63) is 72.1 Å². The molecule has 2 N–H and O–H groups in total. The second-order valence-electron chi connectivity index (χ2n) is 7.31. The summed E-state index contributed by atoms with van der Waals surface area (Å²) in [6, 6.07) is 15.6. The summed E-state index contributed by atoms with van der Waals surface area (Å²) in [5.74, 6) is 0.987. The molecule has 3 aromatic rings. The van der Waals surface area contributed by atoms with Crippen molar-refractivity contribution in [2.24, 2.45) is 5.92 Å². The average Bonchev–Trinajstić information content (AvgIpc) is 2.69. The Morgan fingerprint density at radius 2 is 1.71 bits per heavy atom. The maximum atomic E-state index is 12.3. The maximum Gasteiger partial charge on any atom is 0.251 e. The number of amides is 1. The molecule has 0 fully saturated rings. The van der Waals surface area contributed by atoms with Crippen molar-refractivity contribution in [2.45, 2.75) is 27.2 Å². The Labute approximate surface area is 166 Å². The number of nitrogens with one attached hydrogen (secondary N) is 2. The first-order valence-electron chi connectivity index (χ1n) is 9.55. The lowest BCUT2D eigenvalue weighted by molar-refractivity contribution is 0.0952. The van der Waals surface area contributed by atoms with Crippen LogP contribution >= 0.6 is 0 Å². The first-order valence-corrected chi connectivity index (χ1v) is 9.55. The second-order valence-corrected chi connectivity index (χ2v) is 7.31. The first-order chi connectivity index (χ1) is 13.5. The summed E-state index contributed by atoms with van der Waals surface area (Å²) in [5.41, 5.74) is 4.65. The van der Waals surface area contributed by atoms with Crippen molar-refractivity contribution >= 4 is 17.5 Å². The van der Waals surface area contributed by atoms with E-state index in [9.17, 15) is 4.79 Å². The van der Waals surface area contributed by atoms with E-state index in [1.54, 1.807) is 18.5 Å². The van der Waals surface area contributed by atoms with Crippen LogP contribution in [-0.2, 0) is 0 Å². The van der Waals surface area contributed by atoms with Crippen molar-refractivity contribution in [3.8, 4) is 11.1 Å². The van der Waals surface area contributed by atoms with Crippen LogP contribution in [0.2, 0.25) is 0 Å². The fraction of sp³-hybridized carbons (Fsp3) is 0.261. The number of carbonyl (C=O) groups is 1. The third kappa shape index (κ3) is 5.39. The minimum absolute atomic E-state index is 0.0695. The number of carbonyl (C=O) groups excluding carboxylic acids is 1. The average molecular weight is 374 g/mol. The number of anilines is 2. The highest BCUT2D eigenvalue weighted by Gasteiger charge is 2.07. The highest BCUT2D eigenvalue weighted by Crippen LogP contribution is 2.20. The minimum Gasteiger partial charge on any atom is -0.352 e. The van der Waals surface area contributed by atoms with E-state index in [0.29, 0.717) is 24.0 Å². The van der Waals surface area contributed by atoms with E-state index in [0.717, 1.165) is 23.2 Å². The van der Waals surface area contributed by atoms with Crippen LogP contribution in [0, 0.1) is 12.8 Å². The van der Waals surface area contributed by atoms with E-state index >= 15 is 0 Å². The molecule has 5 heteroatoms. The summed E-state index contributed by atoms with van der Waals surface area (Å²) in [6.45, 7) is 7.02. The van der Waals surface area contributed by atoms with Gasteiger partial charge in [-0.05, 0) is 43.0 Å². The lowest BCUT2D eigenvalue weighted by Crippen LogP contribution is -2.25. The molecule has 0 aliphatic heterocycles. The molecule has 0 bridgehead atoms. The van der Waals surface area contributed by atoms with E-state index in [1.165, 1.54) is 5.56 Å². The standard InChI is InChI=1S/C23H26N4O/c1-16(2)11-12-24-22(28)19-5-4-6-21(13-19)27-23-25-14-20(15-26-23)18-9-7-17(3)8-10-18/h4-10,13-16H,11-12H2,1-3H3,(H,24,28)(H,25,26,27). The van der Waals surface area contributed by atoms with Crippen LogP contribution in [0.3, 0.4) is 0 Å². The van der Waals surface area contributed by atoms with Gasteiger partial charge in [0.2, 0.25) is 5.95 Å². The molecule has 0 aliphatic carbocycles. The van der Waals surface area contributed by atoms with E-state index in [4.69, 9.17) is 0 Å². The molecule has 28 heavy (non-hydrogen) atoms. The summed E-state index contributed by atoms with van der Waals surface area (Å²) in [5, 5.41) is 6.11. The van der Waals surface area contributed by atoms with Crippen LogP contribution in [0.5, 0.6) is 0 Å². The predicted octanol–water partition coefficient (Wildman–Crippen LogP) is 4.97. The van der Waals surface area contributed by atoms with Gasteiger partial charge in [-0.25, -0.2) is 9.97 Å². The van der Waals surface area contributed by atoms with Crippen LogP contribution in [0.4, 0.5) is 11.6 Å². The minimum atomic E-state index is -0.0695. The molecule has 0 spiro atoms. The van der Waals surface area contributed by atoms with E-state index < -0.39 is 0 Å². The number of hydrogen-bond acceptors (Lipinski definition) is 4. The zero-order chi connectivity index (χ0) is 19.9.